The van der Waals surface area contributed by atoms with Crippen LogP contribution in [0.3, 0.4) is 0 Å². The van der Waals surface area contributed by atoms with Crippen LogP contribution in [0.2, 0.25) is 0 Å². The fraction of sp³-hybridized carbons (Fsp3) is 0.556. The van der Waals surface area contributed by atoms with Crippen molar-refractivity contribution >= 4 is 0 Å². The van der Waals surface area contributed by atoms with Crippen molar-refractivity contribution in [2.45, 2.75) is 25.8 Å². The van der Waals surface area contributed by atoms with E-state index < -0.39 is 0 Å². The summed E-state index contributed by atoms with van der Waals surface area (Å²) in [6, 6.07) is 2.62. The van der Waals surface area contributed by atoms with E-state index in [1.165, 1.54) is 18.4 Å². The molecule has 1 aliphatic heterocycles. The maximum Gasteiger partial charge on any atom is 0.105 e. The number of furan rings is 1. The zero-order chi connectivity index (χ0) is 7.68. The summed E-state index contributed by atoms with van der Waals surface area (Å²) in [5, 5.41) is 3.44. The molecule has 0 amide bonds. The largest absolute Gasteiger partial charge is 0.469 e. The molecule has 1 N–H and O–H groups in total. The van der Waals surface area contributed by atoms with Crippen LogP contribution in [-0.4, -0.2) is 6.54 Å². The van der Waals surface area contributed by atoms with Crippen molar-refractivity contribution < 1.29 is 4.42 Å². The van der Waals surface area contributed by atoms with Crippen molar-refractivity contribution in [3.05, 3.63) is 23.7 Å². The Morgan fingerprint density at radius 3 is 3.09 bits per heavy atom. The molecule has 11 heavy (non-hydrogen) atoms. The van der Waals surface area contributed by atoms with Crippen molar-refractivity contribution in [3.63, 3.8) is 0 Å². The molecule has 0 radical (unpaired) electrons. The Kier molecular flexibility index (Phi) is 1.70. The SMILES string of the molecule is Cc1occc1C1CCCN1. The van der Waals surface area contributed by atoms with Gasteiger partial charge in [0.05, 0.1) is 6.26 Å². The maximum atomic E-state index is 5.24. The van der Waals surface area contributed by atoms with Gasteiger partial charge in [0, 0.05) is 11.6 Å². The highest BCUT2D eigenvalue weighted by molar-refractivity contribution is 5.20. The van der Waals surface area contributed by atoms with E-state index in [0.717, 1.165) is 12.3 Å². The van der Waals surface area contributed by atoms with E-state index in [4.69, 9.17) is 4.42 Å². The fourth-order valence-corrected chi connectivity index (χ4v) is 1.71. The first-order chi connectivity index (χ1) is 5.38. The summed E-state index contributed by atoms with van der Waals surface area (Å²) in [7, 11) is 0. The Bertz CT molecular complexity index is 235. The van der Waals surface area contributed by atoms with Gasteiger partial charge in [0.25, 0.3) is 0 Å². The lowest BCUT2D eigenvalue weighted by atomic mass is 10.1. The van der Waals surface area contributed by atoms with Gasteiger partial charge in [-0.15, -0.1) is 0 Å². The van der Waals surface area contributed by atoms with Crippen LogP contribution in [0.5, 0.6) is 0 Å². The Balaban J connectivity index is 2.21. The fourth-order valence-electron chi connectivity index (χ4n) is 1.71. The van der Waals surface area contributed by atoms with E-state index in [0.29, 0.717) is 6.04 Å². The summed E-state index contributed by atoms with van der Waals surface area (Å²) in [4.78, 5) is 0. The molecule has 0 aromatic carbocycles. The lowest BCUT2D eigenvalue weighted by Crippen LogP contribution is -2.12. The van der Waals surface area contributed by atoms with Gasteiger partial charge in [-0.25, -0.2) is 0 Å². The van der Waals surface area contributed by atoms with E-state index in [-0.39, 0.29) is 0 Å². The third-order valence-corrected chi connectivity index (χ3v) is 2.33. The first-order valence-corrected chi connectivity index (χ1v) is 4.15. The summed E-state index contributed by atoms with van der Waals surface area (Å²) in [6.45, 7) is 3.17. The van der Waals surface area contributed by atoms with Crippen LogP contribution in [0.25, 0.3) is 0 Å². The highest BCUT2D eigenvalue weighted by Crippen LogP contribution is 2.25. The van der Waals surface area contributed by atoms with Crippen LogP contribution in [0.15, 0.2) is 16.7 Å². The molecule has 1 unspecified atom stereocenters. The minimum atomic E-state index is 0.550. The molecule has 2 nitrogen and oxygen atoms in total. The second-order valence-electron chi connectivity index (χ2n) is 3.08. The second-order valence-corrected chi connectivity index (χ2v) is 3.08. The number of hydrogen-bond donors (Lipinski definition) is 1. The standard InChI is InChI=1S/C9H13NO/c1-7-8(4-6-11-7)9-3-2-5-10-9/h4,6,9-10H,2-3,5H2,1H3. The van der Waals surface area contributed by atoms with Crippen LogP contribution in [-0.2, 0) is 0 Å². The summed E-state index contributed by atoms with van der Waals surface area (Å²) in [5.74, 6) is 1.06. The van der Waals surface area contributed by atoms with Gasteiger partial charge < -0.3 is 9.73 Å². The lowest BCUT2D eigenvalue weighted by molar-refractivity contribution is 0.519. The van der Waals surface area contributed by atoms with Crippen molar-refractivity contribution in [3.8, 4) is 0 Å². The summed E-state index contributed by atoms with van der Waals surface area (Å²) < 4.78 is 5.24. The van der Waals surface area contributed by atoms with E-state index in [9.17, 15) is 0 Å². The van der Waals surface area contributed by atoms with Crippen LogP contribution in [0, 0.1) is 6.92 Å². The second kappa shape index (κ2) is 2.70. The summed E-state index contributed by atoms with van der Waals surface area (Å²) >= 11 is 0. The highest BCUT2D eigenvalue weighted by atomic mass is 16.3. The smallest absolute Gasteiger partial charge is 0.105 e. The monoisotopic (exact) mass is 151 g/mol. The predicted molar refractivity (Wildman–Crippen MR) is 43.4 cm³/mol. The molecule has 2 heteroatoms. The van der Waals surface area contributed by atoms with Gasteiger partial charge in [-0.3, -0.25) is 0 Å². The van der Waals surface area contributed by atoms with Crippen molar-refractivity contribution in [2.75, 3.05) is 6.54 Å². The molecule has 2 heterocycles. The van der Waals surface area contributed by atoms with E-state index in [2.05, 4.69) is 11.4 Å². The van der Waals surface area contributed by atoms with Crippen LogP contribution < -0.4 is 5.32 Å². The minimum absolute atomic E-state index is 0.550. The van der Waals surface area contributed by atoms with Gasteiger partial charge in [-0.1, -0.05) is 0 Å². The van der Waals surface area contributed by atoms with Gasteiger partial charge in [0.1, 0.15) is 5.76 Å². The van der Waals surface area contributed by atoms with Gasteiger partial charge in [0.15, 0.2) is 0 Å². The number of hydrogen-bond acceptors (Lipinski definition) is 2. The molecule has 1 atom stereocenters. The van der Waals surface area contributed by atoms with Gasteiger partial charge in [-0.05, 0) is 32.4 Å². The highest BCUT2D eigenvalue weighted by Gasteiger charge is 2.18. The van der Waals surface area contributed by atoms with Crippen LogP contribution in [0.4, 0.5) is 0 Å². The van der Waals surface area contributed by atoms with Crippen LogP contribution in [0.1, 0.15) is 30.2 Å². The third-order valence-electron chi connectivity index (χ3n) is 2.33. The predicted octanol–water partition coefficient (Wildman–Crippen LogP) is 2.01. The number of aryl methyl sites for hydroxylation is 1. The van der Waals surface area contributed by atoms with Crippen molar-refractivity contribution in [1.82, 2.24) is 5.32 Å². The van der Waals surface area contributed by atoms with Crippen molar-refractivity contribution in [2.24, 2.45) is 0 Å². The van der Waals surface area contributed by atoms with Gasteiger partial charge in [-0.2, -0.15) is 0 Å². The number of rotatable bonds is 1. The molecule has 60 valence electrons. The molecule has 0 spiro atoms. The van der Waals surface area contributed by atoms with E-state index in [1.54, 1.807) is 6.26 Å². The van der Waals surface area contributed by atoms with Gasteiger partial charge in [0.2, 0.25) is 0 Å². The molecule has 1 aromatic heterocycles. The molecular weight excluding hydrogens is 138 g/mol. The Morgan fingerprint density at radius 1 is 1.64 bits per heavy atom. The Morgan fingerprint density at radius 2 is 2.55 bits per heavy atom. The average Bonchev–Trinajstić information content (AvgIpc) is 2.55. The normalized spacial score (nSPS) is 24.3. The molecule has 1 aliphatic rings. The molecule has 2 rings (SSSR count). The lowest BCUT2D eigenvalue weighted by Gasteiger charge is -2.07. The van der Waals surface area contributed by atoms with Gasteiger partial charge >= 0.3 is 0 Å². The van der Waals surface area contributed by atoms with E-state index in [1.807, 2.05) is 6.92 Å². The topological polar surface area (TPSA) is 25.2 Å². The molecular formula is C9H13NO. The first kappa shape index (κ1) is 6.92. The quantitative estimate of drug-likeness (QED) is 0.664. The zero-order valence-corrected chi connectivity index (χ0v) is 6.76. The molecule has 1 aromatic rings. The third kappa shape index (κ3) is 1.18. The molecule has 0 saturated carbocycles. The Labute approximate surface area is 66.6 Å². The zero-order valence-electron chi connectivity index (χ0n) is 6.76. The maximum absolute atomic E-state index is 5.24. The molecule has 0 bridgehead atoms. The van der Waals surface area contributed by atoms with E-state index >= 15 is 0 Å². The summed E-state index contributed by atoms with van der Waals surface area (Å²) in [6.07, 6.45) is 4.31. The molecule has 1 fully saturated rings. The average molecular weight is 151 g/mol. The number of nitrogens with one attached hydrogen (secondary N) is 1. The van der Waals surface area contributed by atoms with Crippen LogP contribution >= 0.6 is 0 Å². The Hall–Kier alpha value is -0.760. The summed E-state index contributed by atoms with van der Waals surface area (Å²) in [5.41, 5.74) is 1.34. The molecule has 1 saturated heterocycles. The molecule has 0 aliphatic carbocycles. The first-order valence-electron chi connectivity index (χ1n) is 4.15. The minimum Gasteiger partial charge on any atom is -0.469 e. The van der Waals surface area contributed by atoms with Crippen molar-refractivity contribution in [1.29, 1.82) is 0 Å².